The normalized spacial score (nSPS) is 28.5. The molecule has 2 aromatic rings. The third-order valence-electron chi connectivity index (χ3n) is 5.12. The fourth-order valence-corrected chi connectivity index (χ4v) is 3.16. The predicted molar refractivity (Wildman–Crippen MR) is 103 cm³/mol. The van der Waals surface area contributed by atoms with Gasteiger partial charge in [-0.05, 0) is 31.5 Å². The van der Waals surface area contributed by atoms with E-state index in [1.165, 1.54) is 32.0 Å². The van der Waals surface area contributed by atoms with Gasteiger partial charge in [0.25, 0.3) is 0 Å². The smallest absolute Gasteiger partial charge is 0.336 e. The molecule has 2 heterocycles. The van der Waals surface area contributed by atoms with Crippen LogP contribution < -0.4 is 10.4 Å². The average Bonchev–Trinajstić information content (AvgIpc) is 2.68. The van der Waals surface area contributed by atoms with Gasteiger partial charge < -0.3 is 44.5 Å². The van der Waals surface area contributed by atoms with Crippen molar-refractivity contribution >= 4 is 11.0 Å². The predicted octanol–water partition coefficient (Wildman–Crippen LogP) is -1.35. The van der Waals surface area contributed by atoms with Gasteiger partial charge in [-0.25, -0.2) is 4.79 Å². The zero-order valence-electron chi connectivity index (χ0n) is 16.5. The number of hydrogen-bond donors (Lipinski definition) is 6. The summed E-state index contributed by atoms with van der Waals surface area (Å²) in [5.74, 6) is 0.0597. The molecule has 0 unspecified atom stereocenters. The van der Waals surface area contributed by atoms with E-state index in [0.29, 0.717) is 10.9 Å². The molecule has 1 aromatic carbocycles. The van der Waals surface area contributed by atoms with E-state index in [1.54, 1.807) is 6.07 Å². The molecule has 3 rings (SSSR count). The van der Waals surface area contributed by atoms with Crippen LogP contribution in [0.25, 0.3) is 11.0 Å². The van der Waals surface area contributed by atoms with Gasteiger partial charge in [0.05, 0.1) is 18.3 Å². The molecule has 1 saturated heterocycles. The van der Waals surface area contributed by atoms with Crippen LogP contribution in [0.5, 0.6) is 5.75 Å². The van der Waals surface area contributed by atoms with Crippen molar-refractivity contribution in [3.8, 4) is 5.75 Å². The van der Waals surface area contributed by atoms with E-state index in [4.69, 9.17) is 13.9 Å². The molecule has 0 bridgehead atoms. The lowest BCUT2D eigenvalue weighted by atomic mass is 9.94. The number of fused-ring (bicyclic) bond motifs is 1. The van der Waals surface area contributed by atoms with Crippen molar-refractivity contribution in [2.75, 3.05) is 6.61 Å². The van der Waals surface area contributed by atoms with Crippen molar-refractivity contribution in [2.45, 2.75) is 62.7 Å². The van der Waals surface area contributed by atoms with Crippen molar-refractivity contribution in [3.63, 3.8) is 0 Å². The Labute approximate surface area is 171 Å². The lowest BCUT2D eigenvalue weighted by Gasteiger charge is -2.39. The summed E-state index contributed by atoms with van der Waals surface area (Å²) in [4.78, 5) is 11.6. The van der Waals surface area contributed by atoms with Gasteiger partial charge in [0.1, 0.15) is 35.7 Å². The van der Waals surface area contributed by atoms with Crippen molar-refractivity contribution in [3.05, 3.63) is 40.2 Å². The second-order valence-corrected chi connectivity index (χ2v) is 7.94. The van der Waals surface area contributed by atoms with Gasteiger partial charge in [-0.3, -0.25) is 0 Å². The number of aliphatic hydroxyl groups excluding tert-OH is 5. The van der Waals surface area contributed by atoms with E-state index in [-0.39, 0.29) is 17.8 Å². The topological polar surface area (TPSA) is 170 Å². The molecule has 10 heteroatoms. The number of rotatable bonds is 6. The van der Waals surface area contributed by atoms with Crippen LogP contribution >= 0.6 is 0 Å². The summed E-state index contributed by atoms with van der Waals surface area (Å²) in [7, 11) is 0. The molecular formula is C20H26O10. The summed E-state index contributed by atoms with van der Waals surface area (Å²) in [5.41, 5.74) is -1.43. The number of hydrogen-bond acceptors (Lipinski definition) is 10. The highest BCUT2D eigenvalue weighted by atomic mass is 16.7. The molecule has 0 amide bonds. The molecule has 1 aliphatic rings. The Kier molecular flexibility index (Phi) is 6.48. The van der Waals surface area contributed by atoms with Crippen molar-refractivity contribution in [1.82, 2.24) is 0 Å². The van der Waals surface area contributed by atoms with Gasteiger partial charge >= 0.3 is 5.63 Å². The molecular weight excluding hydrogens is 400 g/mol. The van der Waals surface area contributed by atoms with Crippen LogP contribution in [-0.4, -0.2) is 79.7 Å². The van der Waals surface area contributed by atoms with Crippen LogP contribution in [0.4, 0.5) is 0 Å². The van der Waals surface area contributed by atoms with Gasteiger partial charge in [-0.15, -0.1) is 0 Å². The molecule has 0 saturated carbocycles. The Hall–Kier alpha value is -2.05. The van der Waals surface area contributed by atoms with Crippen LogP contribution in [0.15, 0.2) is 33.5 Å². The quantitative estimate of drug-likeness (QED) is 0.303. The molecule has 0 radical (unpaired) electrons. The first-order valence-electron chi connectivity index (χ1n) is 9.45. The molecule has 6 atom stereocenters. The van der Waals surface area contributed by atoms with Crippen molar-refractivity contribution in [1.29, 1.82) is 0 Å². The minimum Gasteiger partial charge on any atom is -0.462 e. The molecule has 166 valence electrons. The highest BCUT2D eigenvalue weighted by molar-refractivity contribution is 5.79. The molecule has 30 heavy (non-hydrogen) atoms. The SMILES string of the molecule is CC(C)(O)[C@@H](O)Cc1cc2ccc(=O)oc2cc1O[C@H]1O[C@@H](CO)[C@H](O)[C@@H](O)[C@@H]1O. The minimum absolute atomic E-state index is 0.0503. The summed E-state index contributed by atoms with van der Waals surface area (Å²) in [6.45, 7) is 2.26. The maximum absolute atomic E-state index is 11.6. The fourth-order valence-electron chi connectivity index (χ4n) is 3.16. The highest BCUT2D eigenvalue weighted by Crippen LogP contribution is 2.31. The Morgan fingerprint density at radius 1 is 1.13 bits per heavy atom. The summed E-state index contributed by atoms with van der Waals surface area (Å²) in [6.07, 6.45) is -8.69. The van der Waals surface area contributed by atoms with Gasteiger partial charge in [0, 0.05) is 23.9 Å². The summed E-state index contributed by atoms with van der Waals surface area (Å²) < 4.78 is 16.2. The maximum Gasteiger partial charge on any atom is 0.336 e. The number of ether oxygens (including phenoxy) is 2. The highest BCUT2D eigenvalue weighted by Gasteiger charge is 2.45. The third-order valence-corrected chi connectivity index (χ3v) is 5.12. The van der Waals surface area contributed by atoms with Crippen LogP contribution in [0.2, 0.25) is 0 Å². The first-order chi connectivity index (χ1) is 14.0. The summed E-state index contributed by atoms with van der Waals surface area (Å²) in [5, 5.41) is 60.4. The van der Waals surface area contributed by atoms with Crippen LogP contribution in [0.1, 0.15) is 19.4 Å². The minimum atomic E-state index is -1.65. The Morgan fingerprint density at radius 3 is 2.47 bits per heavy atom. The second-order valence-electron chi connectivity index (χ2n) is 7.94. The Balaban J connectivity index is 1.99. The lowest BCUT2D eigenvalue weighted by Crippen LogP contribution is -2.60. The lowest BCUT2D eigenvalue weighted by molar-refractivity contribution is -0.277. The molecule has 6 N–H and O–H groups in total. The van der Waals surface area contributed by atoms with E-state index < -0.39 is 54.6 Å². The standard InChI is InChI=1S/C20H26O10/c1-20(2,27)14(22)6-10-5-9-3-4-15(23)28-11(9)7-12(10)29-19-18(26)17(25)16(24)13(8-21)30-19/h3-5,7,13-14,16-19,21-22,24-27H,6,8H2,1-2H3/t13-,14-,16-,17+,18-,19-/m0/s1. The zero-order chi connectivity index (χ0) is 22.2. The van der Waals surface area contributed by atoms with E-state index >= 15 is 0 Å². The molecule has 0 spiro atoms. The zero-order valence-corrected chi connectivity index (χ0v) is 16.5. The Bertz CT molecular complexity index is 931. The van der Waals surface area contributed by atoms with Crippen LogP contribution in [-0.2, 0) is 11.2 Å². The van der Waals surface area contributed by atoms with Gasteiger partial charge in [-0.1, -0.05) is 0 Å². The third kappa shape index (κ3) is 4.65. The van der Waals surface area contributed by atoms with Crippen molar-refractivity contribution in [2.24, 2.45) is 0 Å². The van der Waals surface area contributed by atoms with E-state index in [9.17, 15) is 35.4 Å². The van der Waals surface area contributed by atoms with Gasteiger partial charge in [0.15, 0.2) is 0 Å². The van der Waals surface area contributed by atoms with Gasteiger partial charge in [0.2, 0.25) is 6.29 Å². The molecule has 1 fully saturated rings. The number of benzene rings is 1. The van der Waals surface area contributed by atoms with E-state index in [1.807, 2.05) is 0 Å². The molecule has 1 aromatic heterocycles. The monoisotopic (exact) mass is 426 g/mol. The first kappa shape index (κ1) is 22.6. The maximum atomic E-state index is 11.6. The fraction of sp³-hybridized carbons (Fsp3) is 0.550. The number of aliphatic hydroxyl groups is 6. The molecule has 10 nitrogen and oxygen atoms in total. The average molecular weight is 426 g/mol. The summed E-state index contributed by atoms with van der Waals surface area (Å²) >= 11 is 0. The van der Waals surface area contributed by atoms with Crippen LogP contribution in [0, 0.1) is 0 Å². The second kappa shape index (κ2) is 8.60. The van der Waals surface area contributed by atoms with Crippen LogP contribution in [0.3, 0.4) is 0 Å². The molecule has 0 aliphatic carbocycles. The van der Waals surface area contributed by atoms with Crippen molar-refractivity contribution < 1.29 is 44.5 Å². The van der Waals surface area contributed by atoms with Gasteiger partial charge in [-0.2, -0.15) is 0 Å². The molecule has 1 aliphatic heterocycles. The van der Waals surface area contributed by atoms with E-state index in [2.05, 4.69) is 0 Å². The Morgan fingerprint density at radius 2 is 1.83 bits per heavy atom. The van der Waals surface area contributed by atoms with E-state index in [0.717, 1.165) is 0 Å². The first-order valence-corrected chi connectivity index (χ1v) is 9.45. The largest absolute Gasteiger partial charge is 0.462 e. The summed E-state index contributed by atoms with van der Waals surface area (Å²) in [6, 6.07) is 5.71.